The summed E-state index contributed by atoms with van der Waals surface area (Å²) >= 11 is 0. The van der Waals surface area contributed by atoms with E-state index in [4.69, 9.17) is 5.26 Å². The Morgan fingerprint density at radius 2 is 2.00 bits per heavy atom. The molecule has 0 saturated heterocycles. The van der Waals surface area contributed by atoms with Gasteiger partial charge >= 0.3 is 5.97 Å². The molecule has 0 aliphatic heterocycles. The van der Waals surface area contributed by atoms with E-state index in [1.54, 1.807) is 28.9 Å². The quantitative estimate of drug-likeness (QED) is 0.784. The van der Waals surface area contributed by atoms with Gasteiger partial charge in [-0.3, -0.25) is 0 Å². The molecule has 0 amide bonds. The molecule has 0 fully saturated rings. The fourth-order valence-corrected chi connectivity index (χ4v) is 2.65. The summed E-state index contributed by atoms with van der Waals surface area (Å²) in [5, 5.41) is 23.1. The van der Waals surface area contributed by atoms with Gasteiger partial charge in [0.05, 0.1) is 28.7 Å². The zero-order valence-electron chi connectivity index (χ0n) is 14.0. The molecular formula is C19H21N3O2. The third kappa shape index (κ3) is 3.72. The van der Waals surface area contributed by atoms with Crippen LogP contribution in [0.15, 0.2) is 36.4 Å². The van der Waals surface area contributed by atoms with E-state index in [9.17, 15) is 9.90 Å². The highest BCUT2D eigenvalue weighted by molar-refractivity contribution is 5.90. The largest absolute Gasteiger partial charge is 0.478 e. The summed E-state index contributed by atoms with van der Waals surface area (Å²) in [4.78, 5) is 11.7. The summed E-state index contributed by atoms with van der Waals surface area (Å²) in [6, 6.07) is 9.07. The summed E-state index contributed by atoms with van der Waals surface area (Å²) in [6.07, 6.45) is 7.01. The lowest BCUT2D eigenvalue weighted by atomic mass is 10.1. The molecule has 2 rings (SSSR count). The summed E-state index contributed by atoms with van der Waals surface area (Å²) in [5.74, 6) is -0.943. The molecule has 2 aromatic rings. The highest BCUT2D eigenvalue weighted by atomic mass is 16.4. The number of nitriles is 1. The molecule has 0 aliphatic rings. The lowest BCUT2D eigenvalue weighted by Crippen LogP contribution is -2.06. The molecule has 5 nitrogen and oxygen atoms in total. The number of allylic oxidation sites excluding steroid dienone is 2. The Morgan fingerprint density at radius 1 is 1.29 bits per heavy atom. The van der Waals surface area contributed by atoms with Crippen molar-refractivity contribution in [2.24, 2.45) is 0 Å². The maximum atomic E-state index is 11.7. The van der Waals surface area contributed by atoms with Gasteiger partial charge in [-0.05, 0) is 49.9 Å². The first-order valence-electron chi connectivity index (χ1n) is 8.11. The molecule has 0 bridgehead atoms. The van der Waals surface area contributed by atoms with Gasteiger partial charge in [0.25, 0.3) is 0 Å². The van der Waals surface area contributed by atoms with Crippen LogP contribution in [0.1, 0.15) is 54.0 Å². The molecule has 0 aliphatic carbocycles. The first-order valence-corrected chi connectivity index (χ1v) is 8.11. The normalized spacial score (nSPS) is 10.9. The van der Waals surface area contributed by atoms with Crippen molar-refractivity contribution < 1.29 is 9.90 Å². The number of nitrogens with zero attached hydrogens (tertiary/aromatic N) is 3. The lowest BCUT2D eigenvalue weighted by molar-refractivity contribution is 0.0694. The van der Waals surface area contributed by atoms with Crippen LogP contribution in [0.2, 0.25) is 0 Å². The number of aryl methyl sites for hydroxylation is 1. The van der Waals surface area contributed by atoms with Gasteiger partial charge in [-0.1, -0.05) is 26.0 Å². The number of aromatic carboxylic acids is 1. The van der Waals surface area contributed by atoms with E-state index in [1.165, 1.54) is 0 Å². The van der Waals surface area contributed by atoms with Crippen molar-refractivity contribution in [2.45, 2.75) is 39.5 Å². The predicted octanol–water partition coefficient (Wildman–Crippen LogP) is 3.90. The Kier molecular flexibility index (Phi) is 5.91. The van der Waals surface area contributed by atoms with E-state index >= 15 is 0 Å². The van der Waals surface area contributed by atoms with Crippen molar-refractivity contribution in [3.05, 3.63) is 58.9 Å². The third-order valence-electron chi connectivity index (χ3n) is 3.79. The van der Waals surface area contributed by atoms with Crippen LogP contribution in [0.3, 0.4) is 0 Å². The van der Waals surface area contributed by atoms with E-state index in [0.717, 1.165) is 18.5 Å². The Balaban J connectivity index is 2.45. The van der Waals surface area contributed by atoms with Gasteiger partial charge in [0.2, 0.25) is 0 Å². The monoisotopic (exact) mass is 323 g/mol. The molecule has 1 aromatic heterocycles. The number of aromatic nitrogens is 2. The van der Waals surface area contributed by atoms with Crippen molar-refractivity contribution in [3.63, 3.8) is 0 Å². The van der Waals surface area contributed by atoms with Crippen molar-refractivity contribution in [1.29, 1.82) is 5.26 Å². The van der Waals surface area contributed by atoms with E-state index in [2.05, 4.69) is 30.2 Å². The molecule has 0 spiro atoms. The minimum Gasteiger partial charge on any atom is -0.478 e. The van der Waals surface area contributed by atoms with Gasteiger partial charge in [0.15, 0.2) is 0 Å². The van der Waals surface area contributed by atoms with Crippen molar-refractivity contribution in [2.75, 3.05) is 0 Å². The number of carboxylic acids is 1. The summed E-state index contributed by atoms with van der Waals surface area (Å²) < 4.78 is 1.68. The summed E-state index contributed by atoms with van der Waals surface area (Å²) in [5.41, 5.74) is 2.91. The average Bonchev–Trinajstić information content (AvgIpc) is 2.97. The molecular weight excluding hydrogens is 302 g/mol. The molecule has 1 heterocycles. The van der Waals surface area contributed by atoms with Gasteiger partial charge in [0, 0.05) is 0 Å². The second-order valence-electron chi connectivity index (χ2n) is 5.42. The van der Waals surface area contributed by atoms with Gasteiger partial charge in [-0.25, -0.2) is 9.48 Å². The Morgan fingerprint density at radius 3 is 2.54 bits per heavy atom. The second-order valence-corrected chi connectivity index (χ2v) is 5.42. The van der Waals surface area contributed by atoms with E-state index in [0.29, 0.717) is 35.4 Å². The van der Waals surface area contributed by atoms with Crippen LogP contribution in [0.25, 0.3) is 5.69 Å². The summed E-state index contributed by atoms with van der Waals surface area (Å²) in [7, 11) is 0. The zero-order valence-corrected chi connectivity index (χ0v) is 14.0. The van der Waals surface area contributed by atoms with Gasteiger partial charge in [0.1, 0.15) is 5.56 Å². The minimum absolute atomic E-state index is 0.298. The number of hydrogen-bond acceptors (Lipinski definition) is 3. The van der Waals surface area contributed by atoms with Crippen molar-refractivity contribution >= 4 is 5.97 Å². The number of carboxylic acid groups (broad SMARTS) is 1. The number of hydrogen-bond donors (Lipinski definition) is 1. The molecule has 0 radical (unpaired) electrons. The standard InChI is InChI=1S/C19H21N3O2/c1-3-5-6-7-8-16-18(19(23)24)17(4-2)22(21-16)15-11-9-14(13-20)10-12-15/h5-6,9-12H,3-4,7-8H2,1-2H3,(H,23,24)/b6-5-. The predicted molar refractivity (Wildman–Crippen MR) is 92.4 cm³/mol. The number of rotatable bonds is 7. The highest BCUT2D eigenvalue weighted by Crippen LogP contribution is 2.21. The lowest BCUT2D eigenvalue weighted by Gasteiger charge is -2.06. The first kappa shape index (κ1) is 17.5. The Hall–Kier alpha value is -2.87. The van der Waals surface area contributed by atoms with Crippen LogP contribution in [0.4, 0.5) is 0 Å². The fourth-order valence-electron chi connectivity index (χ4n) is 2.65. The first-order chi connectivity index (χ1) is 11.6. The van der Waals surface area contributed by atoms with Gasteiger partial charge in [-0.15, -0.1) is 0 Å². The second kappa shape index (κ2) is 8.11. The van der Waals surface area contributed by atoms with Crippen LogP contribution < -0.4 is 0 Å². The maximum absolute atomic E-state index is 11.7. The SMILES string of the molecule is CC/C=C\CCc1nn(-c2ccc(C#N)cc2)c(CC)c1C(=O)O. The smallest absolute Gasteiger partial charge is 0.339 e. The van der Waals surface area contributed by atoms with Crippen LogP contribution in [0, 0.1) is 11.3 Å². The molecule has 0 saturated carbocycles. The van der Waals surface area contributed by atoms with Crippen molar-refractivity contribution in [1.82, 2.24) is 9.78 Å². The number of benzene rings is 1. The molecule has 124 valence electrons. The van der Waals surface area contributed by atoms with E-state index in [1.807, 2.05) is 6.92 Å². The zero-order chi connectivity index (χ0) is 17.5. The Bertz CT molecular complexity index is 780. The summed E-state index contributed by atoms with van der Waals surface area (Å²) in [6.45, 7) is 3.98. The molecule has 1 N–H and O–H groups in total. The number of carbonyl (C=O) groups is 1. The van der Waals surface area contributed by atoms with E-state index < -0.39 is 5.97 Å². The molecule has 0 unspecified atom stereocenters. The van der Waals surface area contributed by atoms with Crippen LogP contribution in [0.5, 0.6) is 0 Å². The maximum Gasteiger partial charge on any atom is 0.339 e. The van der Waals surface area contributed by atoms with E-state index in [-0.39, 0.29) is 0 Å². The molecule has 24 heavy (non-hydrogen) atoms. The van der Waals surface area contributed by atoms with Crippen molar-refractivity contribution in [3.8, 4) is 11.8 Å². The van der Waals surface area contributed by atoms with Crippen LogP contribution in [-0.2, 0) is 12.8 Å². The molecule has 1 aromatic carbocycles. The topological polar surface area (TPSA) is 78.9 Å². The van der Waals surface area contributed by atoms with Gasteiger partial charge in [-0.2, -0.15) is 10.4 Å². The minimum atomic E-state index is -0.943. The third-order valence-corrected chi connectivity index (χ3v) is 3.79. The Labute approximate surface area is 141 Å². The fraction of sp³-hybridized carbons (Fsp3) is 0.316. The van der Waals surface area contributed by atoms with Crippen LogP contribution in [-0.4, -0.2) is 20.9 Å². The molecule has 5 heteroatoms. The highest BCUT2D eigenvalue weighted by Gasteiger charge is 2.22. The van der Waals surface area contributed by atoms with Crippen LogP contribution >= 0.6 is 0 Å². The average molecular weight is 323 g/mol. The van der Waals surface area contributed by atoms with Gasteiger partial charge < -0.3 is 5.11 Å². The molecule has 0 atom stereocenters.